The Morgan fingerprint density at radius 1 is 1.00 bits per heavy atom. The van der Waals surface area contributed by atoms with Crippen LogP contribution < -0.4 is 5.32 Å². The molecule has 0 aromatic heterocycles. The first-order chi connectivity index (χ1) is 9.20. The molecular weight excluding hydrogens is 232 g/mol. The van der Waals surface area contributed by atoms with E-state index < -0.39 is 0 Å². The highest BCUT2D eigenvalue weighted by Crippen LogP contribution is 2.32. The first-order valence-corrected chi connectivity index (χ1v) is 8.68. The largest absolute Gasteiger partial charge is 0.314 e. The standard InChI is InChI=1S/C17H34N2/c1-4-18-17-9-7-5-6-8-16(17)13-19(14(2)3)12-15-10-11-15/h14-18H,4-13H2,1-3H3. The van der Waals surface area contributed by atoms with Gasteiger partial charge < -0.3 is 10.2 Å². The lowest BCUT2D eigenvalue weighted by molar-refractivity contribution is 0.155. The van der Waals surface area contributed by atoms with E-state index in [1.165, 1.54) is 58.0 Å². The molecular formula is C17H34N2. The molecule has 0 aliphatic heterocycles. The van der Waals surface area contributed by atoms with Crippen LogP contribution in [-0.4, -0.2) is 36.6 Å². The van der Waals surface area contributed by atoms with Gasteiger partial charge in [0.25, 0.3) is 0 Å². The van der Waals surface area contributed by atoms with E-state index >= 15 is 0 Å². The van der Waals surface area contributed by atoms with E-state index in [2.05, 4.69) is 31.0 Å². The third-order valence-corrected chi connectivity index (χ3v) is 5.01. The predicted molar refractivity (Wildman–Crippen MR) is 83.5 cm³/mol. The van der Waals surface area contributed by atoms with Crippen LogP contribution in [0.5, 0.6) is 0 Å². The minimum Gasteiger partial charge on any atom is -0.314 e. The van der Waals surface area contributed by atoms with Gasteiger partial charge in [-0.2, -0.15) is 0 Å². The number of rotatable bonds is 7. The Balaban J connectivity index is 1.90. The van der Waals surface area contributed by atoms with Crippen LogP contribution in [0.4, 0.5) is 0 Å². The van der Waals surface area contributed by atoms with E-state index in [1.54, 1.807) is 0 Å². The van der Waals surface area contributed by atoms with E-state index in [4.69, 9.17) is 0 Å². The lowest BCUT2D eigenvalue weighted by Crippen LogP contribution is -2.44. The highest BCUT2D eigenvalue weighted by molar-refractivity contribution is 4.85. The molecule has 0 radical (unpaired) electrons. The molecule has 0 aromatic rings. The summed E-state index contributed by atoms with van der Waals surface area (Å²) in [6, 6.07) is 1.49. The molecule has 112 valence electrons. The second-order valence-corrected chi connectivity index (χ2v) is 7.05. The minimum atomic E-state index is 0.714. The van der Waals surface area contributed by atoms with Gasteiger partial charge in [-0.3, -0.25) is 0 Å². The van der Waals surface area contributed by atoms with Gasteiger partial charge in [-0.25, -0.2) is 0 Å². The maximum absolute atomic E-state index is 3.76. The van der Waals surface area contributed by atoms with Crippen LogP contribution in [0.2, 0.25) is 0 Å². The highest BCUT2D eigenvalue weighted by atomic mass is 15.2. The molecule has 2 unspecified atom stereocenters. The Morgan fingerprint density at radius 3 is 2.37 bits per heavy atom. The molecule has 0 heterocycles. The quantitative estimate of drug-likeness (QED) is 0.707. The maximum Gasteiger partial charge on any atom is 0.0107 e. The van der Waals surface area contributed by atoms with Crippen LogP contribution in [0, 0.1) is 11.8 Å². The Morgan fingerprint density at radius 2 is 1.74 bits per heavy atom. The lowest BCUT2D eigenvalue weighted by atomic mass is 9.93. The van der Waals surface area contributed by atoms with E-state index in [0.717, 1.165) is 24.4 Å². The fraction of sp³-hybridized carbons (Fsp3) is 1.00. The topological polar surface area (TPSA) is 15.3 Å². The van der Waals surface area contributed by atoms with Crippen molar-refractivity contribution in [3.8, 4) is 0 Å². The van der Waals surface area contributed by atoms with Crippen molar-refractivity contribution < 1.29 is 0 Å². The number of hydrogen-bond acceptors (Lipinski definition) is 2. The molecule has 0 spiro atoms. The number of nitrogens with one attached hydrogen (secondary N) is 1. The van der Waals surface area contributed by atoms with Crippen LogP contribution in [0.25, 0.3) is 0 Å². The Bertz CT molecular complexity index is 248. The maximum atomic E-state index is 3.76. The van der Waals surface area contributed by atoms with Crippen molar-refractivity contribution >= 4 is 0 Å². The third-order valence-electron chi connectivity index (χ3n) is 5.01. The van der Waals surface area contributed by atoms with Gasteiger partial charge in [-0.15, -0.1) is 0 Å². The van der Waals surface area contributed by atoms with Crippen molar-refractivity contribution in [2.24, 2.45) is 11.8 Å². The fourth-order valence-corrected chi connectivity index (χ4v) is 3.56. The summed E-state index contributed by atoms with van der Waals surface area (Å²) in [7, 11) is 0. The van der Waals surface area contributed by atoms with Gasteiger partial charge >= 0.3 is 0 Å². The zero-order valence-corrected chi connectivity index (χ0v) is 13.3. The van der Waals surface area contributed by atoms with Crippen LogP contribution >= 0.6 is 0 Å². The summed E-state index contributed by atoms with van der Waals surface area (Å²) in [5, 5.41) is 3.76. The summed E-state index contributed by atoms with van der Waals surface area (Å²) in [5.74, 6) is 1.90. The predicted octanol–water partition coefficient (Wildman–Crippen LogP) is 3.67. The molecule has 2 aliphatic carbocycles. The molecule has 2 heteroatoms. The lowest BCUT2D eigenvalue weighted by Gasteiger charge is -2.34. The van der Waals surface area contributed by atoms with Gasteiger partial charge in [-0.05, 0) is 57.9 Å². The van der Waals surface area contributed by atoms with E-state index in [0.29, 0.717) is 6.04 Å². The van der Waals surface area contributed by atoms with Gasteiger partial charge in [0.1, 0.15) is 0 Å². The zero-order chi connectivity index (χ0) is 13.7. The zero-order valence-electron chi connectivity index (χ0n) is 13.3. The molecule has 0 amide bonds. The molecule has 2 rings (SSSR count). The molecule has 1 N–H and O–H groups in total. The van der Waals surface area contributed by atoms with Crippen LogP contribution in [-0.2, 0) is 0 Å². The summed E-state index contributed by atoms with van der Waals surface area (Å²) in [6.45, 7) is 10.8. The van der Waals surface area contributed by atoms with Gasteiger partial charge in [0.2, 0.25) is 0 Å². The van der Waals surface area contributed by atoms with Crippen molar-refractivity contribution in [2.45, 2.75) is 77.8 Å². The van der Waals surface area contributed by atoms with Gasteiger partial charge in [0.15, 0.2) is 0 Å². The fourth-order valence-electron chi connectivity index (χ4n) is 3.56. The van der Waals surface area contributed by atoms with Crippen LogP contribution in [0.15, 0.2) is 0 Å². The first-order valence-electron chi connectivity index (χ1n) is 8.68. The first kappa shape index (κ1) is 15.3. The molecule has 2 fully saturated rings. The molecule has 2 aliphatic rings. The number of nitrogens with zero attached hydrogens (tertiary/aromatic N) is 1. The summed E-state index contributed by atoms with van der Waals surface area (Å²) >= 11 is 0. The van der Waals surface area contributed by atoms with E-state index in [9.17, 15) is 0 Å². The normalized spacial score (nSPS) is 28.9. The Kier molecular flexibility index (Phi) is 6.15. The molecule has 2 atom stereocenters. The summed E-state index contributed by atoms with van der Waals surface area (Å²) in [4.78, 5) is 2.76. The van der Waals surface area contributed by atoms with Gasteiger partial charge in [0.05, 0.1) is 0 Å². The summed E-state index contributed by atoms with van der Waals surface area (Å²) in [5.41, 5.74) is 0. The van der Waals surface area contributed by atoms with Crippen molar-refractivity contribution in [2.75, 3.05) is 19.6 Å². The molecule has 0 aromatic carbocycles. The molecule has 0 saturated heterocycles. The minimum absolute atomic E-state index is 0.714. The van der Waals surface area contributed by atoms with Crippen LogP contribution in [0.3, 0.4) is 0 Å². The summed E-state index contributed by atoms with van der Waals surface area (Å²) in [6.07, 6.45) is 10.1. The second-order valence-electron chi connectivity index (χ2n) is 7.05. The SMILES string of the molecule is CCNC1CCCCCC1CN(CC1CC1)C(C)C. The molecule has 0 bridgehead atoms. The smallest absolute Gasteiger partial charge is 0.0107 e. The van der Waals surface area contributed by atoms with E-state index in [-0.39, 0.29) is 0 Å². The third kappa shape index (κ3) is 5.07. The Labute approximate surface area is 120 Å². The molecule has 2 nitrogen and oxygen atoms in total. The van der Waals surface area contributed by atoms with Crippen molar-refractivity contribution in [1.29, 1.82) is 0 Å². The van der Waals surface area contributed by atoms with Crippen molar-refractivity contribution in [3.05, 3.63) is 0 Å². The Hall–Kier alpha value is -0.0800. The monoisotopic (exact) mass is 266 g/mol. The molecule has 2 saturated carbocycles. The van der Waals surface area contributed by atoms with Gasteiger partial charge in [0, 0.05) is 25.2 Å². The van der Waals surface area contributed by atoms with E-state index in [1.807, 2.05) is 0 Å². The molecule has 19 heavy (non-hydrogen) atoms. The second kappa shape index (κ2) is 7.64. The van der Waals surface area contributed by atoms with Crippen molar-refractivity contribution in [3.63, 3.8) is 0 Å². The average molecular weight is 266 g/mol. The highest BCUT2D eigenvalue weighted by Gasteiger charge is 2.29. The number of hydrogen-bond donors (Lipinski definition) is 1. The summed E-state index contributed by atoms with van der Waals surface area (Å²) < 4.78 is 0. The van der Waals surface area contributed by atoms with Gasteiger partial charge in [-0.1, -0.05) is 26.2 Å². The van der Waals surface area contributed by atoms with Crippen LogP contribution in [0.1, 0.15) is 65.7 Å². The average Bonchev–Trinajstić information content (AvgIpc) is 3.18. The van der Waals surface area contributed by atoms with Crippen molar-refractivity contribution in [1.82, 2.24) is 10.2 Å².